The van der Waals surface area contributed by atoms with Gasteiger partial charge in [-0.15, -0.1) is 11.3 Å². The standard InChI is InChI=1S/C21H29N5O5S2/c1-12-14-10-33-16(23-21(14,11-29-12)15-8-13(9-32-15)24-25-22)26(17(27)30-19(2,3)4)18(28)31-20(5,6)7/h8-9,12,14H,10-11H2,1-7H3/t12-,14+,21+/m0/s1. The van der Waals surface area contributed by atoms with Crippen LogP contribution >= 0.6 is 23.1 Å². The van der Waals surface area contributed by atoms with Gasteiger partial charge in [-0.25, -0.2) is 14.6 Å². The van der Waals surface area contributed by atoms with Crippen molar-refractivity contribution in [2.45, 2.75) is 71.3 Å². The summed E-state index contributed by atoms with van der Waals surface area (Å²) in [5, 5.41) is 5.62. The molecule has 1 fully saturated rings. The van der Waals surface area contributed by atoms with E-state index in [1.807, 2.05) is 6.92 Å². The highest BCUT2D eigenvalue weighted by Gasteiger charge is 2.54. The lowest BCUT2D eigenvalue weighted by Crippen LogP contribution is -2.49. The van der Waals surface area contributed by atoms with E-state index in [0.717, 1.165) is 9.78 Å². The molecule has 12 heteroatoms. The Morgan fingerprint density at radius 3 is 2.39 bits per heavy atom. The summed E-state index contributed by atoms with van der Waals surface area (Å²) in [6.07, 6.45) is -1.79. The maximum absolute atomic E-state index is 13.1. The maximum atomic E-state index is 13.1. The van der Waals surface area contributed by atoms with Crippen molar-refractivity contribution in [2.75, 3.05) is 12.4 Å². The second-order valence-electron chi connectivity index (χ2n) is 9.91. The molecule has 0 bridgehead atoms. The van der Waals surface area contributed by atoms with Crippen LogP contribution in [0.5, 0.6) is 0 Å². The van der Waals surface area contributed by atoms with Crippen molar-refractivity contribution in [3.8, 4) is 0 Å². The van der Waals surface area contributed by atoms with E-state index in [-0.39, 0.29) is 23.8 Å². The monoisotopic (exact) mass is 495 g/mol. The molecule has 0 radical (unpaired) electrons. The minimum absolute atomic E-state index is 0.00272. The zero-order valence-electron chi connectivity index (χ0n) is 19.8. The Morgan fingerprint density at radius 1 is 1.24 bits per heavy atom. The average Bonchev–Trinajstić information content (AvgIpc) is 3.25. The Balaban J connectivity index is 2.08. The number of ether oxygens (including phenoxy) is 3. The average molecular weight is 496 g/mol. The molecular formula is C21H29N5O5S2. The highest BCUT2D eigenvalue weighted by Crippen LogP contribution is 2.50. The van der Waals surface area contributed by atoms with Crippen LogP contribution in [0.3, 0.4) is 0 Å². The molecule has 1 saturated heterocycles. The molecule has 3 heterocycles. The molecule has 0 spiro atoms. The van der Waals surface area contributed by atoms with Crippen LogP contribution in [0.1, 0.15) is 53.3 Å². The minimum Gasteiger partial charge on any atom is -0.443 e. The molecule has 180 valence electrons. The van der Waals surface area contributed by atoms with Gasteiger partial charge < -0.3 is 14.2 Å². The fraction of sp³-hybridized carbons (Fsp3) is 0.667. The summed E-state index contributed by atoms with van der Waals surface area (Å²) in [5.74, 6) is 0.569. The number of hydrogen-bond donors (Lipinski definition) is 0. The summed E-state index contributed by atoms with van der Waals surface area (Å²) in [4.78, 5) is 35.7. The van der Waals surface area contributed by atoms with Gasteiger partial charge in [0.25, 0.3) is 0 Å². The molecule has 33 heavy (non-hydrogen) atoms. The number of thiophene rings is 1. The van der Waals surface area contributed by atoms with Crippen molar-refractivity contribution in [3.63, 3.8) is 0 Å². The van der Waals surface area contributed by atoms with Crippen LogP contribution in [-0.2, 0) is 19.7 Å². The smallest absolute Gasteiger partial charge is 0.426 e. The lowest BCUT2D eigenvalue weighted by molar-refractivity contribution is 0.0150. The molecule has 1 aromatic heterocycles. The third-order valence-corrected chi connectivity index (χ3v) is 7.09. The highest BCUT2D eigenvalue weighted by atomic mass is 32.2. The van der Waals surface area contributed by atoms with Gasteiger partial charge in [-0.05, 0) is 60.1 Å². The minimum atomic E-state index is -0.857. The van der Waals surface area contributed by atoms with E-state index in [0.29, 0.717) is 11.4 Å². The molecular weight excluding hydrogens is 466 g/mol. The molecule has 0 saturated carbocycles. The van der Waals surface area contributed by atoms with Crippen molar-refractivity contribution in [1.82, 2.24) is 4.90 Å². The third kappa shape index (κ3) is 5.63. The van der Waals surface area contributed by atoms with Gasteiger partial charge in [-0.2, -0.15) is 4.90 Å². The summed E-state index contributed by atoms with van der Waals surface area (Å²) >= 11 is 2.69. The number of thioether (sulfide) groups is 1. The number of amides is 2. The Morgan fingerprint density at radius 2 is 1.85 bits per heavy atom. The summed E-state index contributed by atoms with van der Waals surface area (Å²) in [5.41, 5.74) is 6.81. The van der Waals surface area contributed by atoms with E-state index in [9.17, 15) is 9.59 Å². The Kier molecular flexibility index (Phi) is 7.05. The zero-order valence-corrected chi connectivity index (χ0v) is 21.5. The lowest BCUT2D eigenvalue weighted by atomic mass is 9.84. The molecule has 0 aliphatic carbocycles. The molecule has 3 atom stereocenters. The topological polar surface area (TPSA) is 126 Å². The summed E-state index contributed by atoms with van der Waals surface area (Å²) in [6, 6.07) is 1.78. The maximum Gasteiger partial charge on any atom is 0.426 e. The van der Waals surface area contributed by atoms with E-state index in [2.05, 4.69) is 10.0 Å². The van der Waals surface area contributed by atoms with E-state index in [4.69, 9.17) is 24.7 Å². The first-order valence-electron chi connectivity index (χ1n) is 10.5. The molecule has 3 rings (SSSR count). The second-order valence-corrected chi connectivity index (χ2v) is 11.8. The van der Waals surface area contributed by atoms with Gasteiger partial charge in [-0.1, -0.05) is 16.9 Å². The molecule has 0 unspecified atom stereocenters. The number of nitrogens with zero attached hydrogens (tertiary/aromatic N) is 5. The summed E-state index contributed by atoms with van der Waals surface area (Å²) < 4.78 is 17.0. The zero-order chi connectivity index (χ0) is 24.6. The van der Waals surface area contributed by atoms with Gasteiger partial charge in [0, 0.05) is 32.5 Å². The molecule has 10 nitrogen and oxygen atoms in total. The third-order valence-electron chi connectivity index (χ3n) is 4.95. The van der Waals surface area contributed by atoms with Crippen molar-refractivity contribution < 1.29 is 23.8 Å². The van der Waals surface area contributed by atoms with Crippen molar-refractivity contribution in [1.29, 1.82) is 0 Å². The molecule has 0 N–H and O–H groups in total. The molecule has 2 aliphatic heterocycles. The Labute approximate surface area is 201 Å². The second kappa shape index (κ2) is 9.17. The Hall–Kier alpha value is -2.27. The number of amidine groups is 1. The number of hydrogen-bond acceptors (Lipinski definition) is 9. The normalized spacial score (nSPS) is 24.9. The first kappa shape index (κ1) is 25.4. The first-order chi connectivity index (χ1) is 15.3. The van der Waals surface area contributed by atoms with Crippen LogP contribution in [0.4, 0.5) is 15.3 Å². The molecule has 1 aromatic rings. The Bertz CT molecular complexity index is 977. The van der Waals surface area contributed by atoms with Crippen LogP contribution in [0, 0.1) is 5.92 Å². The van der Waals surface area contributed by atoms with Gasteiger partial charge >= 0.3 is 12.2 Å². The lowest BCUT2D eigenvalue weighted by Gasteiger charge is -2.37. The van der Waals surface area contributed by atoms with E-state index in [1.54, 1.807) is 53.0 Å². The number of azide groups is 1. The summed E-state index contributed by atoms with van der Waals surface area (Å²) in [6.45, 7) is 12.6. The predicted octanol–water partition coefficient (Wildman–Crippen LogP) is 6.20. The largest absolute Gasteiger partial charge is 0.443 e. The van der Waals surface area contributed by atoms with Crippen LogP contribution in [0.15, 0.2) is 21.6 Å². The number of aliphatic imine (C=N–C) groups is 1. The quantitative estimate of drug-likeness (QED) is 0.273. The van der Waals surface area contributed by atoms with Crippen LogP contribution in [-0.4, -0.2) is 51.9 Å². The first-order valence-corrected chi connectivity index (χ1v) is 12.4. The van der Waals surface area contributed by atoms with Gasteiger partial charge in [0.05, 0.1) is 12.7 Å². The number of rotatable bonds is 2. The van der Waals surface area contributed by atoms with Crippen molar-refractivity contribution in [2.24, 2.45) is 16.0 Å². The SMILES string of the molecule is C[C@@H]1OC[C@@]2(c3cc(N=[N+]=[N-])cs3)N=C(N(C(=O)OC(C)(C)C)C(=O)OC(C)(C)C)SC[C@H]12. The van der Waals surface area contributed by atoms with Gasteiger partial charge in [0.2, 0.25) is 0 Å². The van der Waals surface area contributed by atoms with Crippen LogP contribution in [0.25, 0.3) is 10.4 Å². The number of carbonyl (C=O) groups excluding carboxylic acids is 2. The fourth-order valence-electron chi connectivity index (χ4n) is 3.55. The van der Waals surface area contributed by atoms with E-state index in [1.165, 1.54) is 23.1 Å². The van der Waals surface area contributed by atoms with Crippen molar-refractivity contribution >= 4 is 46.1 Å². The van der Waals surface area contributed by atoms with Gasteiger partial charge in [0.1, 0.15) is 16.7 Å². The highest BCUT2D eigenvalue weighted by molar-refractivity contribution is 8.13. The summed E-state index contributed by atoms with van der Waals surface area (Å²) in [7, 11) is 0. The van der Waals surface area contributed by atoms with Gasteiger partial charge in [-0.3, -0.25) is 0 Å². The van der Waals surface area contributed by atoms with Crippen LogP contribution < -0.4 is 0 Å². The van der Waals surface area contributed by atoms with Crippen LogP contribution in [0.2, 0.25) is 0 Å². The van der Waals surface area contributed by atoms with E-state index < -0.39 is 28.9 Å². The molecule has 2 amide bonds. The van der Waals surface area contributed by atoms with Gasteiger partial charge in [0.15, 0.2) is 5.17 Å². The van der Waals surface area contributed by atoms with Crippen molar-refractivity contribution in [3.05, 3.63) is 26.8 Å². The number of carbonyl (C=O) groups is 2. The number of fused-ring (bicyclic) bond motifs is 1. The van der Waals surface area contributed by atoms with E-state index >= 15 is 0 Å². The number of imide groups is 1. The molecule has 2 aliphatic rings. The molecule has 0 aromatic carbocycles. The fourth-order valence-corrected chi connectivity index (χ4v) is 5.95. The predicted molar refractivity (Wildman–Crippen MR) is 128 cm³/mol.